The topological polar surface area (TPSA) is 88.2 Å². The van der Waals surface area contributed by atoms with Gasteiger partial charge in [0.1, 0.15) is 11.9 Å². The lowest BCUT2D eigenvalue weighted by molar-refractivity contribution is -0.125. The third-order valence-electron chi connectivity index (χ3n) is 2.43. The maximum Gasteiger partial charge on any atom is 0.248 e. The predicted molar refractivity (Wildman–Crippen MR) is 66.6 cm³/mol. The average molecular weight is 237 g/mol. The molecule has 1 amide bonds. The molecule has 0 aliphatic carbocycles. The summed E-state index contributed by atoms with van der Waals surface area (Å²) in [4.78, 5) is 14.8. The number of pyridine rings is 1. The van der Waals surface area contributed by atoms with Gasteiger partial charge < -0.3 is 16.2 Å². The fourth-order valence-electron chi connectivity index (χ4n) is 1.24. The third-order valence-corrected chi connectivity index (χ3v) is 2.43. The van der Waals surface area contributed by atoms with Gasteiger partial charge in [0.15, 0.2) is 0 Å². The first kappa shape index (κ1) is 13.4. The smallest absolute Gasteiger partial charge is 0.248 e. The Morgan fingerprint density at radius 3 is 2.59 bits per heavy atom. The van der Waals surface area contributed by atoms with Crippen LogP contribution >= 0.6 is 0 Å². The second kappa shape index (κ2) is 5.14. The van der Waals surface area contributed by atoms with Gasteiger partial charge in [-0.2, -0.15) is 0 Å². The highest BCUT2D eigenvalue weighted by molar-refractivity contribution is 5.79. The van der Waals surface area contributed by atoms with Crippen molar-refractivity contribution in [3.05, 3.63) is 23.9 Å². The molecule has 0 fully saturated rings. The Morgan fingerprint density at radius 1 is 1.53 bits per heavy atom. The van der Waals surface area contributed by atoms with Crippen molar-refractivity contribution in [2.45, 2.75) is 32.3 Å². The van der Waals surface area contributed by atoms with Crippen molar-refractivity contribution in [1.29, 1.82) is 0 Å². The molecule has 1 aromatic rings. The molecule has 0 spiro atoms. The van der Waals surface area contributed by atoms with E-state index in [4.69, 9.17) is 5.73 Å². The Morgan fingerprint density at radius 2 is 2.18 bits per heavy atom. The Kier molecular flexibility index (Phi) is 4.07. The van der Waals surface area contributed by atoms with E-state index in [1.165, 1.54) is 0 Å². The van der Waals surface area contributed by atoms with E-state index < -0.39 is 12.0 Å². The first-order chi connectivity index (χ1) is 7.80. The summed E-state index contributed by atoms with van der Waals surface area (Å²) in [6.07, 6.45) is 0.581. The van der Waals surface area contributed by atoms with Gasteiger partial charge in [0.05, 0.1) is 6.54 Å². The normalized spacial score (nSPS) is 13.2. The molecule has 1 aromatic heterocycles. The van der Waals surface area contributed by atoms with Gasteiger partial charge in [-0.25, -0.2) is 4.98 Å². The van der Waals surface area contributed by atoms with Gasteiger partial charge in [0.25, 0.3) is 0 Å². The van der Waals surface area contributed by atoms with E-state index in [1.54, 1.807) is 6.20 Å². The Bertz CT molecular complexity index is 382. The zero-order valence-corrected chi connectivity index (χ0v) is 10.4. The number of aliphatic hydroxyl groups excluding tert-OH is 1. The number of primary amides is 1. The number of nitrogens with two attached hydrogens (primary N) is 1. The number of nitrogens with zero attached hydrogens (tertiary/aromatic N) is 1. The molecule has 1 atom stereocenters. The van der Waals surface area contributed by atoms with Gasteiger partial charge >= 0.3 is 0 Å². The molecule has 0 aliphatic heterocycles. The molecule has 1 unspecified atom stereocenters. The minimum absolute atomic E-state index is 0.0538. The minimum atomic E-state index is -1.20. The lowest BCUT2D eigenvalue weighted by atomic mass is 9.88. The Hall–Kier alpha value is -1.62. The fourth-order valence-corrected chi connectivity index (χ4v) is 1.24. The zero-order chi connectivity index (χ0) is 13.1. The monoisotopic (exact) mass is 237 g/mol. The molecule has 1 heterocycles. The molecule has 0 radical (unpaired) electrons. The summed E-state index contributed by atoms with van der Waals surface area (Å²) >= 11 is 0. The molecular formula is C12H19N3O2. The minimum Gasteiger partial charge on any atom is -0.381 e. The number of carbonyl (C=O) groups excluding carboxylic acids is 1. The van der Waals surface area contributed by atoms with Crippen LogP contribution in [0.1, 0.15) is 26.3 Å². The van der Waals surface area contributed by atoms with Crippen molar-refractivity contribution in [1.82, 2.24) is 4.98 Å². The van der Waals surface area contributed by atoms with E-state index in [2.05, 4.69) is 31.1 Å². The van der Waals surface area contributed by atoms with E-state index in [1.807, 2.05) is 12.1 Å². The zero-order valence-electron chi connectivity index (χ0n) is 10.4. The Balaban J connectivity index is 2.60. The summed E-state index contributed by atoms with van der Waals surface area (Å²) in [6, 6.07) is 3.78. The van der Waals surface area contributed by atoms with Gasteiger partial charge in [-0.05, 0) is 17.0 Å². The van der Waals surface area contributed by atoms with Crippen LogP contribution in [0.25, 0.3) is 0 Å². The summed E-state index contributed by atoms with van der Waals surface area (Å²) in [5.41, 5.74) is 6.11. The maximum atomic E-state index is 10.6. The van der Waals surface area contributed by atoms with Crippen molar-refractivity contribution < 1.29 is 9.90 Å². The van der Waals surface area contributed by atoms with Crippen LogP contribution < -0.4 is 11.1 Å². The van der Waals surface area contributed by atoms with Gasteiger partial charge in [0.2, 0.25) is 5.91 Å². The number of anilines is 1. The third kappa shape index (κ3) is 4.03. The molecule has 5 nitrogen and oxygen atoms in total. The van der Waals surface area contributed by atoms with Crippen LogP contribution in [0, 0.1) is 0 Å². The molecule has 1 rings (SSSR count). The summed E-state index contributed by atoms with van der Waals surface area (Å²) in [5, 5.41) is 12.0. The second-order valence-electron chi connectivity index (χ2n) is 4.98. The van der Waals surface area contributed by atoms with Crippen LogP contribution in [-0.4, -0.2) is 28.6 Å². The molecule has 17 heavy (non-hydrogen) atoms. The molecule has 0 saturated carbocycles. The van der Waals surface area contributed by atoms with Crippen LogP contribution in [0.5, 0.6) is 0 Å². The fraction of sp³-hybridized carbons (Fsp3) is 0.500. The highest BCUT2D eigenvalue weighted by Crippen LogP contribution is 2.21. The van der Waals surface area contributed by atoms with Gasteiger partial charge in [0, 0.05) is 6.20 Å². The summed E-state index contributed by atoms with van der Waals surface area (Å²) in [5.74, 6) is -0.137. The Labute approximate surface area is 101 Å². The maximum absolute atomic E-state index is 10.6. The van der Waals surface area contributed by atoms with Crippen molar-refractivity contribution in [2.75, 3.05) is 11.9 Å². The van der Waals surface area contributed by atoms with Crippen molar-refractivity contribution in [3.8, 4) is 0 Å². The lowest BCUT2D eigenvalue weighted by Crippen LogP contribution is -2.34. The number of carbonyl (C=O) groups is 1. The SMILES string of the molecule is CC(C)(C)c1ccc(NCC(O)C(N)=O)nc1. The van der Waals surface area contributed by atoms with Crippen LogP contribution in [-0.2, 0) is 10.2 Å². The van der Waals surface area contributed by atoms with Gasteiger partial charge in [-0.1, -0.05) is 26.8 Å². The van der Waals surface area contributed by atoms with Crippen LogP contribution in [0.4, 0.5) is 5.82 Å². The molecule has 0 bridgehead atoms. The largest absolute Gasteiger partial charge is 0.381 e. The summed E-state index contributed by atoms with van der Waals surface area (Å²) < 4.78 is 0. The standard InChI is InChI=1S/C12H19N3O2/c1-12(2,3)8-4-5-10(14-6-8)15-7-9(16)11(13)17/h4-6,9,16H,7H2,1-3H3,(H2,13,17)(H,14,15). The number of hydrogen-bond donors (Lipinski definition) is 3. The lowest BCUT2D eigenvalue weighted by Gasteiger charge is -2.18. The summed E-state index contributed by atoms with van der Waals surface area (Å²) in [6.45, 7) is 6.38. The van der Waals surface area contributed by atoms with Crippen molar-refractivity contribution in [2.24, 2.45) is 5.73 Å². The molecule has 4 N–H and O–H groups in total. The average Bonchev–Trinajstić information content (AvgIpc) is 2.25. The molecule has 94 valence electrons. The molecule has 5 heteroatoms. The number of aliphatic hydroxyl groups is 1. The summed E-state index contributed by atoms with van der Waals surface area (Å²) in [7, 11) is 0. The number of aromatic nitrogens is 1. The van der Waals surface area contributed by atoms with E-state index in [-0.39, 0.29) is 12.0 Å². The molecule has 0 saturated heterocycles. The highest BCUT2D eigenvalue weighted by Gasteiger charge is 2.14. The van der Waals surface area contributed by atoms with E-state index in [0.29, 0.717) is 5.82 Å². The second-order valence-corrected chi connectivity index (χ2v) is 4.98. The van der Waals surface area contributed by atoms with E-state index in [9.17, 15) is 9.90 Å². The molecule has 0 aliphatic rings. The highest BCUT2D eigenvalue weighted by atomic mass is 16.3. The first-order valence-electron chi connectivity index (χ1n) is 5.48. The van der Waals surface area contributed by atoms with Gasteiger partial charge in [-0.15, -0.1) is 0 Å². The number of hydrogen-bond acceptors (Lipinski definition) is 4. The molecular weight excluding hydrogens is 218 g/mol. The molecule has 0 aromatic carbocycles. The number of rotatable bonds is 4. The van der Waals surface area contributed by atoms with E-state index in [0.717, 1.165) is 5.56 Å². The number of amides is 1. The van der Waals surface area contributed by atoms with Crippen LogP contribution in [0.3, 0.4) is 0 Å². The van der Waals surface area contributed by atoms with Crippen LogP contribution in [0.15, 0.2) is 18.3 Å². The van der Waals surface area contributed by atoms with E-state index >= 15 is 0 Å². The number of nitrogens with one attached hydrogen (secondary N) is 1. The van der Waals surface area contributed by atoms with Gasteiger partial charge in [-0.3, -0.25) is 4.79 Å². The first-order valence-corrected chi connectivity index (χ1v) is 5.48. The van der Waals surface area contributed by atoms with Crippen molar-refractivity contribution in [3.63, 3.8) is 0 Å². The quantitative estimate of drug-likeness (QED) is 0.717. The van der Waals surface area contributed by atoms with Crippen LogP contribution in [0.2, 0.25) is 0 Å². The predicted octanol–water partition coefficient (Wildman–Crippen LogP) is 0.637. The van der Waals surface area contributed by atoms with Crippen molar-refractivity contribution >= 4 is 11.7 Å².